The third-order valence-electron chi connectivity index (χ3n) is 4.20. The molecule has 1 heterocycles. The number of nitrogen functional groups attached to an aromatic ring is 1. The van der Waals surface area contributed by atoms with Crippen LogP contribution in [0.5, 0.6) is 0 Å². The molecule has 4 aromatic rings. The molecule has 0 spiro atoms. The largest absolute Gasteiger partial charge is 0.456 e. The van der Waals surface area contributed by atoms with Crippen LogP contribution >= 0.6 is 11.6 Å². The minimum Gasteiger partial charge on any atom is -0.456 e. The molecule has 132 valence electrons. The fourth-order valence-corrected chi connectivity index (χ4v) is 3.05. The van der Waals surface area contributed by atoms with Crippen molar-refractivity contribution in [2.75, 3.05) is 5.73 Å². The van der Waals surface area contributed by atoms with Gasteiger partial charge in [0.1, 0.15) is 17.2 Å². The number of hydrogen-bond acceptors (Lipinski definition) is 2. The van der Waals surface area contributed by atoms with Crippen molar-refractivity contribution in [1.82, 2.24) is 0 Å². The molecule has 0 aliphatic carbocycles. The number of hydrogen-bond donors (Lipinski definition) is 2. The zero-order valence-corrected chi connectivity index (χ0v) is 15.3. The van der Waals surface area contributed by atoms with E-state index in [0.29, 0.717) is 10.7 Å². The maximum Gasteiger partial charge on any atom is 0.227 e. The van der Waals surface area contributed by atoms with Crippen molar-refractivity contribution < 1.29 is 9.41 Å². The van der Waals surface area contributed by atoms with Crippen molar-refractivity contribution in [2.45, 2.75) is 0 Å². The van der Waals surface area contributed by atoms with E-state index in [0.717, 1.165) is 33.7 Å². The summed E-state index contributed by atoms with van der Waals surface area (Å²) in [7, 11) is 0. The zero-order chi connectivity index (χ0) is 18.6. The van der Waals surface area contributed by atoms with Gasteiger partial charge in [-0.2, -0.15) is 0 Å². The molecule has 4 heteroatoms. The van der Waals surface area contributed by atoms with Crippen LogP contribution in [0.25, 0.3) is 22.6 Å². The highest BCUT2D eigenvalue weighted by Gasteiger charge is 2.10. The van der Waals surface area contributed by atoms with Crippen LogP contribution in [0.2, 0.25) is 5.02 Å². The van der Waals surface area contributed by atoms with Gasteiger partial charge in [-0.05, 0) is 12.1 Å². The second kappa shape index (κ2) is 7.52. The lowest BCUT2D eigenvalue weighted by atomic mass is 10.1. The summed E-state index contributed by atoms with van der Waals surface area (Å²) in [5.74, 6) is 1.54. The molecule has 0 amide bonds. The van der Waals surface area contributed by atoms with Crippen LogP contribution in [0.15, 0.2) is 95.4 Å². The lowest BCUT2D eigenvalue weighted by Crippen LogP contribution is -2.70. The van der Waals surface area contributed by atoms with Gasteiger partial charge in [-0.25, -0.2) is 4.99 Å². The molecule has 0 aliphatic rings. The molecular weight excluding hydrogens is 356 g/mol. The molecular formula is C23H18ClN2O+. The molecule has 0 radical (unpaired) electrons. The molecule has 3 nitrogen and oxygen atoms in total. The molecule has 0 fully saturated rings. The van der Waals surface area contributed by atoms with Crippen molar-refractivity contribution in [3.8, 4) is 22.6 Å². The first-order chi connectivity index (χ1) is 13.2. The smallest absolute Gasteiger partial charge is 0.227 e. The monoisotopic (exact) mass is 373 g/mol. The molecule has 0 bridgehead atoms. The van der Waals surface area contributed by atoms with Crippen molar-refractivity contribution in [1.29, 1.82) is 0 Å². The van der Waals surface area contributed by atoms with Gasteiger partial charge in [0, 0.05) is 22.2 Å². The Morgan fingerprint density at radius 1 is 0.704 bits per heavy atom. The molecule has 0 atom stereocenters. The van der Waals surface area contributed by atoms with E-state index < -0.39 is 0 Å². The first kappa shape index (κ1) is 17.1. The van der Waals surface area contributed by atoms with E-state index in [-0.39, 0.29) is 0 Å². The summed E-state index contributed by atoms with van der Waals surface area (Å²) in [6.07, 6.45) is 0. The molecule has 27 heavy (non-hydrogen) atoms. The van der Waals surface area contributed by atoms with Gasteiger partial charge in [-0.3, -0.25) is 0 Å². The number of halogens is 1. The number of anilines is 1. The van der Waals surface area contributed by atoms with Crippen LogP contribution in [-0.2, 0) is 0 Å². The summed E-state index contributed by atoms with van der Waals surface area (Å²) in [6, 6.07) is 29.4. The minimum absolute atomic E-state index is 0.589. The van der Waals surface area contributed by atoms with Gasteiger partial charge in [-0.1, -0.05) is 72.3 Å². The fourth-order valence-electron chi connectivity index (χ4n) is 2.87. The highest BCUT2D eigenvalue weighted by Crippen LogP contribution is 2.24. The molecule has 4 rings (SSSR count). The number of nitrogens with one attached hydrogen (secondary N) is 1. The summed E-state index contributed by atoms with van der Waals surface area (Å²) >= 11 is 6.01. The van der Waals surface area contributed by atoms with Gasteiger partial charge < -0.3 is 10.2 Å². The number of benzene rings is 3. The first-order valence-corrected chi connectivity index (χ1v) is 8.98. The molecule has 0 saturated heterocycles. The predicted molar refractivity (Wildman–Crippen MR) is 109 cm³/mol. The third kappa shape index (κ3) is 3.94. The predicted octanol–water partition coefficient (Wildman–Crippen LogP) is 4.16. The van der Waals surface area contributed by atoms with E-state index >= 15 is 0 Å². The Labute approximate surface area is 162 Å². The van der Waals surface area contributed by atoms with Crippen molar-refractivity contribution in [3.05, 3.63) is 101 Å². The maximum atomic E-state index is 6.18. The Morgan fingerprint density at radius 2 is 1.26 bits per heavy atom. The van der Waals surface area contributed by atoms with E-state index in [1.807, 2.05) is 84.9 Å². The van der Waals surface area contributed by atoms with Crippen molar-refractivity contribution in [2.24, 2.45) is 0 Å². The molecule has 0 aliphatic heterocycles. The SMILES string of the molecule is Nc1cc(Cl)ccc1[NH+]=c1cc(-c2ccccc2)oc(-c2ccccc2)c1. The number of nitrogens with two attached hydrogens (primary N) is 1. The highest BCUT2D eigenvalue weighted by molar-refractivity contribution is 6.30. The van der Waals surface area contributed by atoms with E-state index in [2.05, 4.69) is 4.99 Å². The van der Waals surface area contributed by atoms with Crippen molar-refractivity contribution >= 4 is 23.0 Å². The highest BCUT2D eigenvalue weighted by atomic mass is 35.5. The van der Waals surface area contributed by atoms with Crippen LogP contribution in [0, 0.1) is 0 Å². The van der Waals surface area contributed by atoms with Gasteiger partial charge in [-0.15, -0.1) is 0 Å². The topological polar surface area (TPSA) is 53.1 Å². The van der Waals surface area contributed by atoms with Crippen LogP contribution in [0.1, 0.15) is 0 Å². The number of rotatable bonds is 3. The summed E-state index contributed by atoms with van der Waals surface area (Å²) in [5.41, 5.74) is 9.49. The average molecular weight is 374 g/mol. The summed E-state index contributed by atoms with van der Waals surface area (Å²) in [5, 5.41) is 1.49. The van der Waals surface area contributed by atoms with Crippen LogP contribution < -0.4 is 16.1 Å². The Hall–Kier alpha value is -3.30. The van der Waals surface area contributed by atoms with Crippen molar-refractivity contribution in [3.63, 3.8) is 0 Å². The molecule has 1 aromatic heterocycles. The molecule has 3 aromatic carbocycles. The maximum absolute atomic E-state index is 6.18. The van der Waals surface area contributed by atoms with E-state index in [9.17, 15) is 0 Å². The Morgan fingerprint density at radius 3 is 1.78 bits per heavy atom. The van der Waals surface area contributed by atoms with Crippen LogP contribution in [0.4, 0.5) is 11.4 Å². The Kier molecular flexibility index (Phi) is 4.77. The lowest BCUT2D eigenvalue weighted by Gasteiger charge is -2.05. The second-order valence-corrected chi connectivity index (χ2v) is 6.60. The average Bonchev–Trinajstić information content (AvgIpc) is 2.71. The summed E-state index contributed by atoms with van der Waals surface area (Å²) in [4.78, 5) is 3.38. The minimum atomic E-state index is 0.589. The summed E-state index contributed by atoms with van der Waals surface area (Å²) < 4.78 is 6.18. The van der Waals surface area contributed by atoms with Crippen LogP contribution in [0.3, 0.4) is 0 Å². The first-order valence-electron chi connectivity index (χ1n) is 8.60. The fraction of sp³-hybridized carbons (Fsp3) is 0. The Bertz CT molecular complexity index is 1080. The normalized spacial score (nSPS) is 10.6. The molecule has 0 saturated carbocycles. The van der Waals surface area contributed by atoms with Gasteiger partial charge in [0.25, 0.3) is 0 Å². The molecule has 3 N–H and O–H groups in total. The van der Waals surface area contributed by atoms with E-state index in [1.165, 1.54) is 0 Å². The van der Waals surface area contributed by atoms with E-state index in [4.69, 9.17) is 21.8 Å². The van der Waals surface area contributed by atoms with E-state index in [1.54, 1.807) is 6.07 Å². The zero-order valence-electron chi connectivity index (χ0n) is 14.5. The third-order valence-corrected chi connectivity index (χ3v) is 4.44. The van der Waals surface area contributed by atoms with Crippen LogP contribution in [-0.4, -0.2) is 0 Å². The second-order valence-electron chi connectivity index (χ2n) is 6.16. The quantitative estimate of drug-likeness (QED) is 0.530. The Balaban J connectivity index is 1.92. The molecule has 0 unspecified atom stereocenters. The van der Waals surface area contributed by atoms with Gasteiger partial charge in [0.15, 0.2) is 0 Å². The standard InChI is InChI=1S/C23H17ClN2O/c24-18-11-12-21(20(25)13-18)26-19-14-22(16-7-3-1-4-8-16)27-23(15-19)17-9-5-2-6-10-17/h1-15H,25H2/p+1. The van der Waals surface area contributed by atoms with Gasteiger partial charge in [0.2, 0.25) is 11.0 Å². The van der Waals surface area contributed by atoms with Gasteiger partial charge in [0.05, 0.1) is 12.1 Å². The van der Waals surface area contributed by atoms with Gasteiger partial charge >= 0.3 is 0 Å². The lowest BCUT2D eigenvalue weighted by molar-refractivity contribution is -0.401. The summed E-state index contributed by atoms with van der Waals surface area (Å²) in [6.45, 7) is 0.